The Balaban J connectivity index is 1.91. The molecule has 0 unspecified atom stereocenters. The summed E-state index contributed by atoms with van der Waals surface area (Å²) in [5.74, 6) is 0.579. The Kier molecular flexibility index (Phi) is 5.96. The highest BCUT2D eigenvalue weighted by molar-refractivity contribution is 5.91. The quantitative estimate of drug-likeness (QED) is 0.770. The van der Waals surface area contributed by atoms with Crippen LogP contribution in [0.15, 0.2) is 60.7 Å². The first kappa shape index (κ1) is 16.3. The predicted molar refractivity (Wildman–Crippen MR) is 89.5 cm³/mol. The van der Waals surface area contributed by atoms with Crippen molar-refractivity contribution in [2.24, 2.45) is 0 Å². The van der Waals surface area contributed by atoms with Gasteiger partial charge < -0.3 is 9.64 Å². The van der Waals surface area contributed by atoms with Gasteiger partial charge in [0, 0.05) is 19.7 Å². The average molecular weight is 306 g/mol. The summed E-state index contributed by atoms with van der Waals surface area (Å²) in [6, 6.07) is 19.0. The zero-order valence-electron chi connectivity index (χ0n) is 13.0. The number of rotatable bonds is 6. The van der Waals surface area contributed by atoms with Crippen molar-refractivity contribution < 1.29 is 9.53 Å². The first-order chi connectivity index (χ1) is 11.2. The molecule has 0 radical (unpaired) electrons. The van der Waals surface area contributed by atoms with E-state index in [-0.39, 0.29) is 12.5 Å². The Morgan fingerprint density at radius 2 is 1.87 bits per heavy atom. The maximum atomic E-state index is 12.1. The fourth-order valence-electron chi connectivity index (χ4n) is 2.02. The largest absolute Gasteiger partial charge is 0.479 e. The smallest absolute Gasteiger partial charge is 0.246 e. The number of carbonyl (C=O) groups is 1. The van der Waals surface area contributed by atoms with Gasteiger partial charge in [-0.2, -0.15) is 5.26 Å². The van der Waals surface area contributed by atoms with Crippen molar-refractivity contribution in [3.8, 4) is 11.8 Å². The van der Waals surface area contributed by atoms with Crippen molar-refractivity contribution in [2.45, 2.75) is 6.54 Å². The van der Waals surface area contributed by atoms with Gasteiger partial charge in [0.25, 0.3) is 0 Å². The molecule has 2 aromatic rings. The molecule has 4 heteroatoms. The van der Waals surface area contributed by atoms with Crippen LogP contribution in [0, 0.1) is 11.3 Å². The zero-order chi connectivity index (χ0) is 16.5. The molecule has 0 aliphatic carbocycles. The molecule has 0 fully saturated rings. The number of hydrogen-bond donors (Lipinski definition) is 0. The van der Waals surface area contributed by atoms with E-state index in [1.165, 1.54) is 0 Å². The average Bonchev–Trinajstić information content (AvgIpc) is 2.59. The van der Waals surface area contributed by atoms with Crippen LogP contribution < -0.4 is 4.74 Å². The molecule has 0 atom stereocenters. The highest BCUT2D eigenvalue weighted by atomic mass is 16.5. The molecule has 2 rings (SSSR count). The highest BCUT2D eigenvalue weighted by Crippen LogP contribution is 2.13. The van der Waals surface area contributed by atoms with Crippen molar-refractivity contribution in [1.82, 2.24) is 4.90 Å². The zero-order valence-corrected chi connectivity index (χ0v) is 13.0. The molecule has 0 N–H and O–H groups in total. The van der Waals surface area contributed by atoms with Gasteiger partial charge in [-0.25, -0.2) is 0 Å². The van der Waals surface area contributed by atoms with Gasteiger partial charge in [-0.05, 0) is 29.3 Å². The van der Waals surface area contributed by atoms with Crippen molar-refractivity contribution in [1.29, 1.82) is 5.26 Å². The SMILES string of the molecule is CN(Cc1ccccc1)C(=O)/C=C/c1ccc(OCC#N)cc1. The fraction of sp³-hybridized carbons (Fsp3) is 0.158. The molecule has 116 valence electrons. The van der Waals surface area contributed by atoms with Crippen molar-refractivity contribution in [3.05, 3.63) is 71.8 Å². The number of benzene rings is 2. The molecule has 0 aromatic heterocycles. The second kappa shape index (κ2) is 8.40. The van der Waals surface area contributed by atoms with E-state index < -0.39 is 0 Å². The maximum Gasteiger partial charge on any atom is 0.246 e. The minimum Gasteiger partial charge on any atom is -0.479 e. The number of nitriles is 1. The molecule has 0 spiro atoms. The van der Waals surface area contributed by atoms with Gasteiger partial charge in [0.05, 0.1) is 0 Å². The van der Waals surface area contributed by atoms with E-state index >= 15 is 0 Å². The summed E-state index contributed by atoms with van der Waals surface area (Å²) in [6.07, 6.45) is 3.31. The Morgan fingerprint density at radius 3 is 2.52 bits per heavy atom. The molecule has 0 aliphatic rings. The molecule has 0 bridgehead atoms. The summed E-state index contributed by atoms with van der Waals surface area (Å²) in [6.45, 7) is 0.600. The molecular weight excluding hydrogens is 288 g/mol. The van der Waals surface area contributed by atoms with Crippen molar-refractivity contribution >= 4 is 12.0 Å². The third-order valence-electron chi connectivity index (χ3n) is 3.24. The fourth-order valence-corrected chi connectivity index (χ4v) is 2.02. The summed E-state index contributed by atoms with van der Waals surface area (Å²) in [5, 5.41) is 8.46. The van der Waals surface area contributed by atoms with Gasteiger partial charge in [-0.15, -0.1) is 0 Å². The van der Waals surface area contributed by atoms with Crippen LogP contribution in [0.1, 0.15) is 11.1 Å². The van der Waals surface area contributed by atoms with Crippen LogP contribution in [0.3, 0.4) is 0 Å². The minimum atomic E-state index is -0.0568. The monoisotopic (exact) mass is 306 g/mol. The summed E-state index contributed by atoms with van der Waals surface area (Å²) >= 11 is 0. The first-order valence-corrected chi connectivity index (χ1v) is 7.26. The van der Waals surface area contributed by atoms with E-state index in [0.29, 0.717) is 12.3 Å². The maximum absolute atomic E-state index is 12.1. The number of amides is 1. The second-order valence-corrected chi connectivity index (χ2v) is 5.03. The van der Waals surface area contributed by atoms with Gasteiger partial charge in [0.1, 0.15) is 11.8 Å². The van der Waals surface area contributed by atoms with Crippen LogP contribution in [0.5, 0.6) is 5.75 Å². The Morgan fingerprint density at radius 1 is 1.17 bits per heavy atom. The van der Waals surface area contributed by atoms with Gasteiger partial charge in [0.2, 0.25) is 5.91 Å². The predicted octanol–water partition coefficient (Wildman–Crippen LogP) is 3.26. The van der Waals surface area contributed by atoms with E-state index in [1.54, 1.807) is 36.2 Å². The molecule has 0 heterocycles. The van der Waals surface area contributed by atoms with Crippen molar-refractivity contribution in [2.75, 3.05) is 13.7 Å². The summed E-state index contributed by atoms with van der Waals surface area (Å²) in [4.78, 5) is 13.8. The number of ether oxygens (including phenoxy) is 1. The summed E-state index contributed by atoms with van der Waals surface area (Å²) in [5.41, 5.74) is 1.99. The van der Waals surface area contributed by atoms with Crippen LogP contribution in [0.4, 0.5) is 0 Å². The topological polar surface area (TPSA) is 53.3 Å². The van der Waals surface area contributed by atoms with E-state index in [1.807, 2.05) is 48.5 Å². The molecule has 23 heavy (non-hydrogen) atoms. The van der Waals surface area contributed by atoms with Crippen LogP contribution in [0.25, 0.3) is 6.08 Å². The lowest BCUT2D eigenvalue weighted by Gasteiger charge is -2.15. The minimum absolute atomic E-state index is 0.0257. The second-order valence-electron chi connectivity index (χ2n) is 5.03. The lowest BCUT2D eigenvalue weighted by atomic mass is 10.2. The Hall–Kier alpha value is -3.06. The number of likely N-dealkylation sites (N-methyl/N-ethyl adjacent to an activating group) is 1. The Bertz CT molecular complexity index is 700. The third-order valence-corrected chi connectivity index (χ3v) is 3.24. The first-order valence-electron chi connectivity index (χ1n) is 7.26. The van der Waals surface area contributed by atoms with Gasteiger partial charge in [0.15, 0.2) is 6.61 Å². The van der Waals surface area contributed by atoms with Gasteiger partial charge in [-0.3, -0.25) is 4.79 Å². The van der Waals surface area contributed by atoms with Crippen LogP contribution in [0.2, 0.25) is 0 Å². The lowest BCUT2D eigenvalue weighted by Crippen LogP contribution is -2.23. The van der Waals surface area contributed by atoms with Crippen molar-refractivity contribution in [3.63, 3.8) is 0 Å². The summed E-state index contributed by atoms with van der Waals surface area (Å²) < 4.78 is 5.18. The molecule has 0 saturated carbocycles. The van der Waals surface area contributed by atoms with E-state index in [9.17, 15) is 4.79 Å². The molecule has 1 amide bonds. The molecule has 2 aromatic carbocycles. The third kappa shape index (κ3) is 5.33. The number of carbonyl (C=O) groups excluding carboxylic acids is 1. The number of hydrogen-bond acceptors (Lipinski definition) is 3. The normalized spacial score (nSPS) is 10.3. The highest BCUT2D eigenvalue weighted by Gasteiger charge is 2.05. The standard InChI is InChI=1S/C19H18N2O2/c1-21(15-17-5-3-2-4-6-17)19(22)12-9-16-7-10-18(11-8-16)23-14-13-20/h2-12H,14-15H2,1H3/b12-9+. The Labute approximate surface area is 136 Å². The number of nitrogens with zero attached hydrogens (tertiary/aromatic N) is 2. The van der Waals surface area contributed by atoms with E-state index in [4.69, 9.17) is 10.00 Å². The van der Waals surface area contributed by atoms with E-state index in [2.05, 4.69) is 0 Å². The lowest BCUT2D eigenvalue weighted by molar-refractivity contribution is -0.125. The molecule has 0 aliphatic heterocycles. The van der Waals surface area contributed by atoms with Crippen LogP contribution in [-0.4, -0.2) is 24.5 Å². The van der Waals surface area contributed by atoms with Crippen LogP contribution in [-0.2, 0) is 11.3 Å². The van der Waals surface area contributed by atoms with Gasteiger partial charge >= 0.3 is 0 Å². The molecule has 4 nitrogen and oxygen atoms in total. The molecular formula is C19H18N2O2. The molecule has 0 saturated heterocycles. The van der Waals surface area contributed by atoms with Gasteiger partial charge in [-0.1, -0.05) is 42.5 Å². The van der Waals surface area contributed by atoms with Crippen LogP contribution >= 0.6 is 0 Å². The van der Waals surface area contributed by atoms with E-state index in [0.717, 1.165) is 11.1 Å². The summed E-state index contributed by atoms with van der Waals surface area (Å²) in [7, 11) is 1.78.